The zero-order valence-electron chi connectivity index (χ0n) is 17.6. The Labute approximate surface area is 186 Å². The summed E-state index contributed by atoms with van der Waals surface area (Å²) in [7, 11) is 0. The number of hydrogen-bond acceptors (Lipinski definition) is 4. The maximum absolute atomic E-state index is 13.2. The van der Waals surface area contributed by atoms with Gasteiger partial charge in [-0.2, -0.15) is 0 Å². The van der Waals surface area contributed by atoms with Crippen LogP contribution >= 0.6 is 0 Å². The van der Waals surface area contributed by atoms with Gasteiger partial charge < -0.3 is 5.32 Å². The molecule has 1 N–H and O–H groups in total. The van der Waals surface area contributed by atoms with Crippen LogP contribution < -0.4 is 5.32 Å². The maximum Gasteiger partial charge on any atom is 0.176 e. The van der Waals surface area contributed by atoms with Crippen LogP contribution in [0.2, 0.25) is 0 Å². The lowest BCUT2D eigenvalue weighted by Gasteiger charge is -2.14. The molecule has 0 spiro atoms. The van der Waals surface area contributed by atoms with Crippen molar-refractivity contribution in [2.45, 2.75) is 13.3 Å². The van der Waals surface area contributed by atoms with E-state index in [9.17, 15) is 9.18 Å². The molecule has 0 aliphatic carbocycles. The first-order valence-corrected chi connectivity index (χ1v) is 10.3. The minimum Gasteiger partial charge on any atom is -0.336 e. The van der Waals surface area contributed by atoms with Gasteiger partial charge in [-0.25, -0.2) is 14.4 Å². The summed E-state index contributed by atoms with van der Waals surface area (Å²) < 4.78 is 13.2. The number of aromatic nitrogens is 2. The molecule has 0 saturated heterocycles. The Bertz CT molecular complexity index is 1240. The molecule has 0 amide bonds. The summed E-state index contributed by atoms with van der Waals surface area (Å²) in [6.45, 7) is 1.48. The third-order valence-corrected chi connectivity index (χ3v) is 4.94. The van der Waals surface area contributed by atoms with Gasteiger partial charge in [0.1, 0.15) is 5.82 Å². The summed E-state index contributed by atoms with van der Waals surface area (Å²) in [5.74, 6) is 0.0259. The van der Waals surface area contributed by atoms with Crippen LogP contribution in [-0.4, -0.2) is 15.8 Å². The highest BCUT2D eigenvalue weighted by atomic mass is 19.1. The van der Waals surface area contributed by atoms with Crippen LogP contribution in [0, 0.1) is 5.82 Å². The molecule has 0 aliphatic rings. The predicted octanol–water partition coefficient (Wildman–Crippen LogP) is 5.92. The van der Waals surface area contributed by atoms with Crippen LogP contribution in [0.1, 0.15) is 23.7 Å². The molecule has 0 radical (unpaired) electrons. The minimum atomic E-state index is -0.327. The number of nitrogens with zero attached hydrogens (tertiary/aromatic N) is 2. The van der Waals surface area contributed by atoms with Gasteiger partial charge in [-0.3, -0.25) is 4.79 Å². The summed E-state index contributed by atoms with van der Waals surface area (Å²) in [5, 5.41) is 3.15. The fourth-order valence-electron chi connectivity index (χ4n) is 3.27. The number of ketones is 1. The molecule has 0 unspecified atom stereocenters. The quantitative estimate of drug-likeness (QED) is 0.375. The lowest BCUT2D eigenvalue weighted by atomic mass is 10.1. The number of benzene rings is 3. The van der Waals surface area contributed by atoms with E-state index < -0.39 is 0 Å². The highest BCUT2D eigenvalue weighted by molar-refractivity contribution is 6.00. The largest absolute Gasteiger partial charge is 0.336 e. The van der Waals surface area contributed by atoms with E-state index >= 15 is 0 Å². The smallest absolute Gasteiger partial charge is 0.176 e. The lowest BCUT2D eigenvalue weighted by Crippen LogP contribution is -2.12. The second-order valence-electron chi connectivity index (χ2n) is 7.37. The van der Waals surface area contributed by atoms with E-state index in [-0.39, 0.29) is 11.6 Å². The Kier molecular flexibility index (Phi) is 6.46. The predicted molar refractivity (Wildman–Crippen MR) is 125 cm³/mol. The monoisotopic (exact) mass is 423 g/mol. The third-order valence-electron chi connectivity index (χ3n) is 4.94. The van der Waals surface area contributed by atoms with E-state index in [0.29, 0.717) is 23.5 Å². The van der Waals surface area contributed by atoms with Crippen LogP contribution in [0.4, 0.5) is 10.2 Å². The van der Waals surface area contributed by atoms with Crippen LogP contribution in [0.15, 0.2) is 96.8 Å². The second-order valence-corrected chi connectivity index (χ2v) is 7.37. The lowest BCUT2D eigenvalue weighted by molar-refractivity contribution is -0.113. The number of carbonyl (C=O) groups excluding carboxylic acids is 1. The Morgan fingerprint density at radius 2 is 1.59 bits per heavy atom. The Balaban J connectivity index is 1.72. The molecular formula is C27H22FN3O. The van der Waals surface area contributed by atoms with Gasteiger partial charge >= 0.3 is 0 Å². The van der Waals surface area contributed by atoms with E-state index in [4.69, 9.17) is 4.98 Å². The van der Waals surface area contributed by atoms with Gasteiger partial charge in [-0.1, -0.05) is 72.8 Å². The third kappa shape index (κ3) is 5.32. The number of nitrogens with one attached hydrogen (secondary N) is 1. The molecule has 0 aliphatic heterocycles. The van der Waals surface area contributed by atoms with Crippen molar-refractivity contribution >= 4 is 17.7 Å². The molecule has 0 bridgehead atoms. The van der Waals surface area contributed by atoms with Gasteiger partial charge in [-0.05, 0) is 29.3 Å². The van der Waals surface area contributed by atoms with Gasteiger partial charge in [-0.15, -0.1) is 0 Å². The number of hydrogen-bond donors (Lipinski definition) is 1. The molecule has 4 nitrogen and oxygen atoms in total. The van der Waals surface area contributed by atoms with Gasteiger partial charge in [0.15, 0.2) is 11.6 Å². The first kappa shape index (κ1) is 21.1. The molecule has 4 aromatic rings. The van der Waals surface area contributed by atoms with E-state index in [2.05, 4.69) is 10.3 Å². The summed E-state index contributed by atoms with van der Waals surface area (Å²) in [4.78, 5) is 21.8. The van der Waals surface area contributed by atoms with Crippen LogP contribution in [0.3, 0.4) is 0 Å². The van der Waals surface area contributed by atoms with Gasteiger partial charge in [0.2, 0.25) is 0 Å². The zero-order valence-corrected chi connectivity index (χ0v) is 17.6. The van der Waals surface area contributed by atoms with Crippen LogP contribution in [-0.2, 0) is 11.2 Å². The Morgan fingerprint density at radius 3 is 2.25 bits per heavy atom. The first-order valence-electron chi connectivity index (χ1n) is 10.3. The fraction of sp³-hybridized carbons (Fsp3) is 0.0741. The van der Waals surface area contributed by atoms with Crippen molar-refractivity contribution in [3.05, 3.63) is 119 Å². The number of rotatable bonds is 7. The fourth-order valence-corrected chi connectivity index (χ4v) is 3.27. The molecule has 158 valence electrons. The van der Waals surface area contributed by atoms with Crippen molar-refractivity contribution in [2.75, 3.05) is 5.32 Å². The van der Waals surface area contributed by atoms with Gasteiger partial charge in [0.25, 0.3) is 0 Å². The minimum absolute atomic E-state index is 0.158. The molecule has 0 saturated carbocycles. The van der Waals surface area contributed by atoms with Crippen molar-refractivity contribution < 1.29 is 9.18 Å². The molecule has 0 fully saturated rings. The highest BCUT2D eigenvalue weighted by Crippen LogP contribution is 2.23. The number of carbonyl (C=O) groups is 1. The first-order chi connectivity index (χ1) is 15.6. The van der Waals surface area contributed by atoms with Crippen molar-refractivity contribution in [1.82, 2.24) is 9.97 Å². The molecule has 4 rings (SSSR count). The van der Waals surface area contributed by atoms with Crippen molar-refractivity contribution in [1.29, 1.82) is 0 Å². The van der Waals surface area contributed by atoms with Gasteiger partial charge in [0, 0.05) is 18.9 Å². The Hall–Kier alpha value is -4.12. The number of halogens is 1. The highest BCUT2D eigenvalue weighted by Gasteiger charge is 2.13. The summed E-state index contributed by atoms with van der Waals surface area (Å²) >= 11 is 0. The standard InChI is InChI=1S/C27H22FN3O/c1-19(32)24(16-21-12-14-23(28)15-13-21)31-27-25(17-20-8-4-2-5-9-20)30-26(18-29-27)22-10-6-3-7-11-22/h2-16,18H,17H2,1H3,(H,29,31). The molecule has 1 aromatic heterocycles. The molecule has 32 heavy (non-hydrogen) atoms. The molecule has 3 aromatic carbocycles. The average molecular weight is 423 g/mol. The SMILES string of the molecule is CC(=O)C(=Cc1ccc(F)cc1)Nc1ncc(-c2ccccc2)nc1Cc1ccccc1. The number of anilines is 1. The molecule has 5 heteroatoms. The topological polar surface area (TPSA) is 54.9 Å². The van der Waals surface area contributed by atoms with E-state index in [1.54, 1.807) is 24.4 Å². The normalized spacial score (nSPS) is 11.2. The molecule has 0 atom stereocenters. The summed E-state index contributed by atoms with van der Waals surface area (Å²) in [6.07, 6.45) is 3.93. The van der Waals surface area contributed by atoms with Crippen molar-refractivity contribution in [2.24, 2.45) is 0 Å². The molecular weight excluding hydrogens is 401 g/mol. The van der Waals surface area contributed by atoms with E-state index in [0.717, 1.165) is 22.5 Å². The second kappa shape index (κ2) is 9.79. The summed E-state index contributed by atoms with van der Waals surface area (Å²) in [6, 6.07) is 25.8. The zero-order chi connectivity index (χ0) is 22.3. The van der Waals surface area contributed by atoms with Crippen molar-refractivity contribution in [3.8, 4) is 11.3 Å². The molecule has 1 heterocycles. The number of Topliss-reactive ketones (excluding diaryl/α,β-unsaturated/α-hetero) is 1. The summed E-state index contributed by atoms with van der Waals surface area (Å²) in [5.41, 5.74) is 4.60. The van der Waals surface area contributed by atoms with Crippen molar-refractivity contribution in [3.63, 3.8) is 0 Å². The van der Waals surface area contributed by atoms with Crippen LogP contribution in [0.25, 0.3) is 17.3 Å². The van der Waals surface area contributed by atoms with E-state index in [1.807, 2.05) is 60.7 Å². The maximum atomic E-state index is 13.2. The van der Waals surface area contributed by atoms with Crippen LogP contribution in [0.5, 0.6) is 0 Å². The Morgan fingerprint density at radius 1 is 0.938 bits per heavy atom. The van der Waals surface area contributed by atoms with Gasteiger partial charge in [0.05, 0.1) is 23.3 Å². The average Bonchev–Trinajstić information content (AvgIpc) is 2.82. The van der Waals surface area contributed by atoms with E-state index in [1.165, 1.54) is 19.1 Å². The number of allylic oxidation sites excluding steroid dienone is 1.